The third-order valence-electron chi connectivity index (χ3n) is 5.18. The van der Waals surface area contributed by atoms with E-state index < -0.39 is 17.6 Å². The zero-order valence-corrected chi connectivity index (χ0v) is 16.8. The average molecular weight is 419 g/mol. The van der Waals surface area contributed by atoms with Crippen molar-refractivity contribution < 1.29 is 22.3 Å². The maximum Gasteiger partial charge on any atom is 0.419 e. The van der Waals surface area contributed by atoms with Crippen molar-refractivity contribution >= 4 is 0 Å². The molecule has 0 amide bonds. The number of ether oxygens (including phenoxy) is 1. The molecule has 0 bridgehead atoms. The molecule has 4 rings (SSSR count). The van der Waals surface area contributed by atoms with Crippen LogP contribution >= 0.6 is 0 Å². The number of nitrogens with zero attached hydrogens (tertiary/aromatic N) is 3. The van der Waals surface area contributed by atoms with Crippen LogP contribution in [0.15, 0.2) is 30.3 Å². The highest BCUT2D eigenvalue weighted by atomic mass is 19.4. The van der Waals surface area contributed by atoms with Crippen molar-refractivity contribution in [1.82, 2.24) is 14.8 Å². The lowest BCUT2D eigenvalue weighted by Gasteiger charge is -2.13. The minimum Gasteiger partial charge on any atom is -0.378 e. The summed E-state index contributed by atoms with van der Waals surface area (Å²) in [6.45, 7) is 6.22. The second-order valence-corrected chi connectivity index (χ2v) is 7.62. The van der Waals surface area contributed by atoms with Crippen molar-refractivity contribution in [3.8, 4) is 16.9 Å². The van der Waals surface area contributed by atoms with Crippen molar-refractivity contribution in [3.05, 3.63) is 64.4 Å². The lowest BCUT2D eigenvalue weighted by molar-refractivity contribution is -0.139. The topological polar surface area (TPSA) is 39.9 Å². The molecule has 0 unspecified atom stereocenters. The van der Waals surface area contributed by atoms with Crippen LogP contribution < -0.4 is 0 Å². The van der Waals surface area contributed by atoms with Crippen LogP contribution in [0.3, 0.4) is 0 Å². The van der Waals surface area contributed by atoms with Crippen molar-refractivity contribution in [1.29, 1.82) is 0 Å². The maximum absolute atomic E-state index is 14.3. The van der Waals surface area contributed by atoms with Crippen molar-refractivity contribution in [2.24, 2.45) is 0 Å². The molecule has 0 N–H and O–H groups in total. The van der Waals surface area contributed by atoms with Crippen LogP contribution in [0.5, 0.6) is 0 Å². The lowest BCUT2D eigenvalue weighted by Crippen LogP contribution is -2.14. The molecule has 2 aromatic heterocycles. The van der Waals surface area contributed by atoms with E-state index in [1.54, 1.807) is 4.68 Å². The average Bonchev–Trinajstić information content (AvgIpc) is 2.86. The Morgan fingerprint density at radius 2 is 1.80 bits per heavy atom. The Balaban J connectivity index is 1.90. The quantitative estimate of drug-likeness (QED) is 0.535. The molecule has 0 fully saturated rings. The molecular weight excluding hydrogens is 398 g/mol. The minimum atomic E-state index is -4.75. The summed E-state index contributed by atoms with van der Waals surface area (Å²) in [4.78, 5) is 4.40. The predicted octanol–water partition coefficient (Wildman–Crippen LogP) is 5.21. The van der Waals surface area contributed by atoms with Crippen LogP contribution in [-0.2, 0) is 23.8 Å². The Morgan fingerprint density at radius 3 is 2.43 bits per heavy atom. The summed E-state index contributed by atoms with van der Waals surface area (Å²) in [5, 5.41) is 4.71. The summed E-state index contributed by atoms with van der Waals surface area (Å²) in [5.74, 6) is -1.32. The number of hydrogen-bond acceptors (Lipinski definition) is 3. The number of hydrogen-bond donors (Lipinski definition) is 0. The summed E-state index contributed by atoms with van der Waals surface area (Å²) < 4.78 is 60.5. The van der Waals surface area contributed by atoms with E-state index in [2.05, 4.69) is 4.98 Å². The zero-order chi connectivity index (χ0) is 21.6. The van der Waals surface area contributed by atoms with Gasteiger partial charge in [0.25, 0.3) is 0 Å². The van der Waals surface area contributed by atoms with E-state index in [-0.39, 0.29) is 11.8 Å². The Labute approximate surface area is 171 Å². The van der Waals surface area contributed by atoms with Crippen LogP contribution in [0.25, 0.3) is 16.9 Å². The molecule has 0 radical (unpaired) electrons. The molecule has 30 heavy (non-hydrogen) atoms. The van der Waals surface area contributed by atoms with Crippen molar-refractivity contribution in [2.45, 2.75) is 45.9 Å². The van der Waals surface area contributed by atoms with Crippen molar-refractivity contribution in [2.75, 3.05) is 6.61 Å². The van der Waals surface area contributed by atoms with Gasteiger partial charge < -0.3 is 4.74 Å². The first kappa shape index (κ1) is 20.5. The third-order valence-corrected chi connectivity index (χ3v) is 5.18. The number of halogens is 4. The molecule has 4 nitrogen and oxygen atoms in total. The van der Waals surface area contributed by atoms with Crippen LogP contribution in [0, 0.1) is 19.7 Å². The fraction of sp³-hybridized carbons (Fsp3) is 0.364. The molecule has 158 valence electrons. The van der Waals surface area contributed by atoms with Gasteiger partial charge in [0.15, 0.2) is 0 Å². The summed E-state index contributed by atoms with van der Waals surface area (Å²) in [6, 6.07) is 6.74. The van der Waals surface area contributed by atoms with Gasteiger partial charge in [-0.2, -0.15) is 18.3 Å². The van der Waals surface area contributed by atoms with Gasteiger partial charge in [-0.25, -0.2) is 9.07 Å². The monoisotopic (exact) mass is 419 g/mol. The number of benzene rings is 1. The first-order valence-electron chi connectivity index (χ1n) is 9.68. The Kier molecular flexibility index (Phi) is 5.13. The van der Waals surface area contributed by atoms with Gasteiger partial charge in [0, 0.05) is 35.0 Å². The minimum absolute atomic E-state index is 0.0882. The van der Waals surface area contributed by atoms with Gasteiger partial charge >= 0.3 is 6.18 Å². The van der Waals surface area contributed by atoms with Crippen LogP contribution in [0.2, 0.25) is 0 Å². The Bertz CT molecular complexity index is 1080. The number of aromatic nitrogens is 3. The maximum atomic E-state index is 14.3. The van der Waals surface area contributed by atoms with Gasteiger partial charge in [-0.05, 0) is 51.5 Å². The number of aryl methyl sites for hydroxylation is 2. The SMILES string of the molecule is Cc1cc(-c2nn(-c3ccc(C(F)(F)F)c(F)c3)c3c2CCO[C@H](C)C3)cc(C)n1. The molecular formula is C22H21F4N3O. The predicted molar refractivity (Wildman–Crippen MR) is 104 cm³/mol. The number of fused-ring (bicyclic) bond motifs is 1. The van der Waals surface area contributed by atoms with Crippen LogP contribution in [-0.4, -0.2) is 27.5 Å². The Morgan fingerprint density at radius 1 is 1.10 bits per heavy atom. The standard InChI is InChI=1S/C22H21F4N3O/c1-12-8-15(9-13(2)27-12)21-17-6-7-30-14(3)10-20(17)29(28-21)16-4-5-18(19(23)11-16)22(24,25)26/h4-5,8-9,11,14H,6-7,10H2,1-3H3/t14-/m1/s1. The van der Waals surface area contributed by atoms with E-state index in [4.69, 9.17) is 9.84 Å². The molecule has 0 spiro atoms. The highest BCUT2D eigenvalue weighted by Crippen LogP contribution is 2.35. The second kappa shape index (κ2) is 7.50. The third kappa shape index (κ3) is 3.84. The second-order valence-electron chi connectivity index (χ2n) is 7.62. The molecule has 0 aliphatic carbocycles. The van der Waals surface area contributed by atoms with E-state index in [1.807, 2.05) is 32.9 Å². The molecule has 8 heteroatoms. The normalized spacial score (nSPS) is 17.0. The number of pyridine rings is 1. The van der Waals surface area contributed by atoms with Crippen LogP contribution in [0.4, 0.5) is 17.6 Å². The lowest BCUT2D eigenvalue weighted by atomic mass is 10.0. The van der Waals surface area contributed by atoms with Gasteiger partial charge in [-0.1, -0.05) is 0 Å². The molecule has 1 aliphatic rings. The molecule has 3 aromatic rings. The number of rotatable bonds is 2. The molecule has 3 heterocycles. The molecule has 1 aromatic carbocycles. The van der Waals surface area contributed by atoms with Crippen LogP contribution in [0.1, 0.15) is 35.1 Å². The smallest absolute Gasteiger partial charge is 0.378 e. The number of alkyl halides is 3. The van der Waals surface area contributed by atoms with E-state index in [0.717, 1.165) is 46.0 Å². The van der Waals surface area contributed by atoms with E-state index >= 15 is 0 Å². The first-order chi connectivity index (χ1) is 14.1. The summed E-state index contributed by atoms with van der Waals surface area (Å²) in [5.41, 5.74) is 4.01. The highest BCUT2D eigenvalue weighted by Gasteiger charge is 2.34. The van der Waals surface area contributed by atoms with Gasteiger partial charge in [-0.3, -0.25) is 4.98 Å². The summed E-state index contributed by atoms with van der Waals surface area (Å²) in [6.07, 6.45) is -3.70. The van der Waals surface area contributed by atoms with Gasteiger partial charge in [-0.15, -0.1) is 0 Å². The van der Waals surface area contributed by atoms with E-state index in [0.29, 0.717) is 19.4 Å². The van der Waals surface area contributed by atoms with Gasteiger partial charge in [0.05, 0.1) is 35.3 Å². The fourth-order valence-electron chi connectivity index (χ4n) is 3.93. The highest BCUT2D eigenvalue weighted by molar-refractivity contribution is 5.66. The first-order valence-corrected chi connectivity index (χ1v) is 9.68. The van der Waals surface area contributed by atoms with Gasteiger partial charge in [0.2, 0.25) is 0 Å². The molecule has 0 saturated carbocycles. The van der Waals surface area contributed by atoms with E-state index in [1.165, 1.54) is 6.07 Å². The van der Waals surface area contributed by atoms with E-state index in [9.17, 15) is 17.6 Å². The zero-order valence-electron chi connectivity index (χ0n) is 16.8. The Hall–Kier alpha value is -2.74. The fourth-order valence-corrected chi connectivity index (χ4v) is 3.93. The molecule has 1 aliphatic heterocycles. The summed E-state index contributed by atoms with van der Waals surface area (Å²) >= 11 is 0. The molecule has 0 saturated heterocycles. The van der Waals surface area contributed by atoms with Gasteiger partial charge in [0.1, 0.15) is 5.82 Å². The summed E-state index contributed by atoms with van der Waals surface area (Å²) in [7, 11) is 0. The largest absolute Gasteiger partial charge is 0.419 e. The molecule has 1 atom stereocenters. The van der Waals surface area contributed by atoms with Crippen molar-refractivity contribution in [3.63, 3.8) is 0 Å².